The van der Waals surface area contributed by atoms with Gasteiger partial charge in [-0.25, -0.2) is 14.1 Å². The zero-order chi connectivity index (χ0) is 21.6. The summed E-state index contributed by atoms with van der Waals surface area (Å²) in [4.78, 5) is 32.0. The summed E-state index contributed by atoms with van der Waals surface area (Å²) in [7, 11) is 0. The van der Waals surface area contributed by atoms with E-state index in [0.717, 1.165) is 11.8 Å². The largest absolute Gasteiger partial charge is 0.348 e. The van der Waals surface area contributed by atoms with Crippen molar-refractivity contribution in [1.29, 1.82) is 0 Å². The van der Waals surface area contributed by atoms with E-state index in [-0.39, 0.29) is 24.4 Å². The maximum Gasteiger partial charge on any atom is 0.249 e. The molecule has 1 atom stereocenters. The Morgan fingerprint density at radius 1 is 1.13 bits per heavy atom. The first-order valence-corrected chi connectivity index (χ1v) is 10.5. The molecule has 4 heterocycles. The highest BCUT2D eigenvalue weighted by molar-refractivity contribution is 5.98. The van der Waals surface area contributed by atoms with Crippen molar-refractivity contribution < 1.29 is 23.5 Å². The molecule has 3 aliphatic rings. The number of pyridine rings is 1. The van der Waals surface area contributed by atoms with E-state index in [1.54, 1.807) is 17.2 Å². The van der Waals surface area contributed by atoms with Gasteiger partial charge in [0.25, 0.3) is 0 Å². The van der Waals surface area contributed by atoms with Crippen LogP contribution in [0, 0.1) is 5.82 Å². The minimum Gasteiger partial charge on any atom is -0.348 e. The van der Waals surface area contributed by atoms with Gasteiger partial charge in [-0.05, 0) is 31.4 Å². The molecule has 31 heavy (non-hydrogen) atoms. The van der Waals surface area contributed by atoms with Crippen molar-refractivity contribution in [2.24, 2.45) is 0 Å². The van der Waals surface area contributed by atoms with Gasteiger partial charge in [0, 0.05) is 19.0 Å². The predicted octanol–water partition coefficient (Wildman–Crippen LogP) is 1.48. The Hall–Kier alpha value is -2.85. The molecule has 2 aromatic heterocycles. The quantitative estimate of drug-likeness (QED) is 0.794. The van der Waals surface area contributed by atoms with Crippen molar-refractivity contribution in [3.05, 3.63) is 42.1 Å². The van der Waals surface area contributed by atoms with E-state index < -0.39 is 17.1 Å². The number of nitrogens with zero attached hydrogens (tertiary/aromatic N) is 4. The third-order valence-electron chi connectivity index (χ3n) is 6.55. The van der Waals surface area contributed by atoms with Crippen LogP contribution in [0.1, 0.15) is 44.2 Å². The Balaban J connectivity index is 1.34. The fourth-order valence-corrected chi connectivity index (χ4v) is 4.74. The van der Waals surface area contributed by atoms with Crippen molar-refractivity contribution in [3.8, 4) is 5.82 Å². The molecule has 0 unspecified atom stereocenters. The van der Waals surface area contributed by atoms with Gasteiger partial charge in [-0.1, -0.05) is 6.07 Å². The number of carbonyl (C=O) groups excluding carboxylic acids is 2. The van der Waals surface area contributed by atoms with Crippen LogP contribution < -0.4 is 5.32 Å². The summed E-state index contributed by atoms with van der Waals surface area (Å²) in [6.07, 6.45) is 6.06. The van der Waals surface area contributed by atoms with Crippen LogP contribution in [0.5, 0.6) is 0 Å². The number of hydrogen-bond acceptors (Lipinski definition) is 6. The van der Waals surface area contributed by atoms with Gasteiger partial charge in [-0.3, -0.25) is 9.59 Å². The van der Waals surface area contributed by atoms with Crippen molar-refractivity contribution in [2.75, 3.05) is 19.8 Å². The molecule has 10 heteroatoms. The Bertz CT molecular complexity index is 991. The lowest BCUT2D eigenvalue weighted by Gasteiger charge is -2.48. The first-order chi connectivity index (χ1) is 14.9. The molecule has 5 rings (SSSR count). The van der Waals surface area contributed by atoms with E-state index in [2.05, 4.69) is 15.4 Å². The lowest BCUT2D eigenvalue weighted by molar-refractivity contribution is -0.193. The average molecular weight is 429 g/mol. The molecule has 2 aromatic rings. The smallest absolute Gasteiger partial charge is 0.249 e. The molecule has 1 aliphatic carbocycles. The molecule has 1 saturated carbocycles. The first kappa shape index (κ1) is 20.1. The molecule has 9 nitrogen and oxygen atoms in total. The van der Waals surface area contributed by atoms with Crippen LogP contribution in [-0.4, -0.2) is 62.6 Å². The maximum atomic E-state index is 13.5. The van der Waals surface area contributed by atoms with Crippen molar-refractivity contribution >= 4 is 11.8 Å². The zero-order valence-electron chi connectivity index (χ0n) is 17.2. The topological polar surface area (TPSA) is 98.6 Å². The molecule has 0 aromatic carbocycles. The number of rotatable bonds is 3. The van der Waals surface area contributed by atoms with Crippen molar-refractivity contribution in [1.82, 2.24) is 25.0 Å². The van der Waals surface area contributed by atoms with Gasteiger partial charge in [0.15, 0.2) is 17.4 Å². The highest BCUT2D eigenvalue weighted by Gasteiger charge is 2.54. The summed E-state index contributed by atoms with van der Waals surface area (Å²) < 4.78 is 26.1. The lowest BCUT2D eigenvalue weighted by atomic mass is 9.76. The second-order valence-electron chi connectivity index (χ2n) is 8.40. The van der Waals surface area contributed by atoms with E-state index >= 15 is 0 Å². The first-order valence-electron chi connectivity index (χ1n) is 10.5. The number of ether oxygens (including phenoxy) is 2. The summed E-state index contributed by atoms with van der Waals surface area (Å²) in [5.74, 6) is -0.862. The normalized spacial score (nSPS) is 23.4. The predicted molar refractivity (Wildman–Crippen MR) is 105 cm³/mol. The molecule has 0 radical (unpaired) electrons. The molecular weight excluding hydrogens is 405 g/mol. The summed E-state index contributed by atoms with van der Waals surface area (Å²) in [5, 5.41) is 6.85. The number of nitrogens with one attached hydrogen (secondary N) is 1. The monoisotopic (exact) mass is 429 g/mol. The summed E-state index contributed by atoms with van der Waals surface area (Å²) in [6.45, 7) is 2.99. The fraction of sp³-hybridized carbons (Fsp3) is 0.524. The van der Waals surface area contributed by atoms with E-state index in [4.69, 9.17) is 9.47 Å². The summed E-state index contributed by atoms with van der Waals surface area (Å²) >= 11 is 0. The van der Waals surface area contributed by atoms with Gasteiger partial charge >= 0.3 is 0 Å². The van der Waals surface area contributed by atoms with Crippen LogP contribution in [-0.2, 0) is 19.1 Å². The van der Waals surface area contributed by atoms with Crippen LogP contribution in [0.2, 0.25) is 0 Å². The van der Waals surface area contributed by atoms with E-state index in [1.807, 2.05) is 13.0 Å². The minimum absolute atomic E-state index is 0.00792. The number of halogens is 1. The standard InChI is InChI=1S/C21H24FN5O4/c1-14(15-2-3-17(23-10-15)27-12-16(22)11-24-27)26-13-18(28)25-20(19(26)29)4-6-21(7-5-20)30-8-9-31-21/h2-3,10-12,14H,4-9,13H2,1H3,(H,25,28)/t14-/m0/s1. The summed E-state index contributed by atoms with van der Waals surface area (Å²) in [6, 6.07) is 3.18. The molecule has 2 spiro atoms. The molecular formula is C21H24FN5O4. The van der Waals surface area contributed by atoms with E-state index in [9.17, 15) is 14.0 Å². The van der Waals surface area contributed by atoms with Gasteiger partial charge in [0.05, 0.1) is 31.6 Å². The Morgan fingerprint density at radius 3 is 2.48 bits per heavy atom. The molecule has 3 fully saturated rings. The molecule has 2 aliphatic heterocycles. The number of hydrogen-bond donors (Lipinski definition) is 1. The van der Waals surface area contributed by atoms with Gasteiger partial charge in [-0.2, -0.15) is 5.10 Å². The second-order valence-corrected chi connectivity index (χ2v) is 8.40. The number of carbonyl (C=O) groups is 2. The zero-order valence-corrected chi connectivity index (χ0v) is 17.2. The molecule has 2 saturated heterocycles. The Kier molecular flexibility index (Phi) is 4.78. The van der Waals surface area contributed by atoms with Crippen molar-refractivity contribution in [2.45, 2.75) is 50.0 Å². The Labute approximate surface area is 178 Å². The molecule has 2 amide bonds. The van der Waals surface area contributed by atoms with Gasteiger partial charge in [-0.15, -0.1) is 0 Å². The molecule has 0 bridgehead atoms. The highest BCUT2D eigenvalue weighted by atomic mass is 19.1. The second kappa shape index (κ2) is 7.38. The third kappa shape index (κ3) is 3.49. The number of piperazine rings is 1. The van der Waals surface area contributed by atoms with Gasteiger partial charge < -0.3 is 19.7 Å². The maximum absolute atomic E-state index is 13.5. The third-order valence-corrected chi connectivity index (χ3v) is 6.55. The van der Waals surface area contributed by atoms with E-state index in [0.29, 0.717) is 44.7 Å². The van der Waals surface area contributed by atoms with Crippen LogP contribution in [0.3, 0.4) is 0 Å². The van der Waals surface area contributed by atoms with E-state index in [1.165, 1.54) is 10.9 Å². The summed E-state index contributed by atoms with van der Waals surface area (Å²) in [5.41, 5.74) is -0.145. The highest BCUT2D eigenvalue weighted by Crippen LogP contribution is 2.42. The van der Waals surface area contributed by atoms with Crippen LogP contribution in [0.25, 0.3) is 5.82 Å². The van der Waals surface area contributed by atoms with Crippen LogP contribution in [0.4, 0.5) is 4.39 Å². The van der Waals surface area contributed by atoms with Crippen LogP contribution >= 0.6 is 0 Å². The average Bonchev–Trinajstić information content (AvgIpc) is 3.42. The lowest BCUT2D eigenvalue weighted by Crippen LogP contribution is -2.68. The minimum atomic E-state index is -0.926. The SMILES string of the molecule is C[C@@H](c1ccc(-n2cc(F)cn2)nc1)N1CC(=O)NC2(CCC3(CC2)OCCO3)C1=O. The van der Waals surface area contributed by atoms with Crippen LogP contribution in [0.15, 0.2) is 30.7 Å². The van der Waals surface area contributed by atoms with Gasteiger partial charge in [0.1, 0.15) is 12.1 Å². The van der Waals surface area contributed by atoms with Crippen molar-refractivity contribution in [3.63, 3.8) is 0 Å². The molecule has 164 valence electrons. The number of aromatic nitrogens is 3. The fourth-order valence-electron chi connectivity index (χ4n) is 4.74. The molecule has 1 N–H and O–H groups in total. The Morgan fingerprint density at radius 2 is 1.87 bits per heavy atom. The van der Waals surface area contributed by atoms with Gasteiger partial charge in [0.2, 0.25) is 11.8 Å². The number of amides is 2.